The summed E-state index contributed by atoms with van der Waals surface area (Å²) in [5.74, 6) is 0.905. The largest absolute Gasteiger partial charge is 0.353 e. The van der Waals surface area contributed by atoms with E-state index in [0.29, 0.717) is 6.04 Å². The summed E-state index contributed by atoms with van der Waals surface area (Å²) in [6, 6.07) is 4.25. The number of rotatable bonds is 1. The molecule has 2 rings (SSSR count). The van der Waals surface area contributed by atoms with Gasteiger partial charge in [-0.2, -0.15) is 0 Å². The van der Waals surface area contributed by atoms with E-state index in [-0.39, 0.29) is 0 Å². The van der Waals surface area contributed by atoms with Gasteiger partial charge < -0.3 is 10.2 Å². The summed E-state index contributed by atoms with van der Waals surface area (Å²) in [5, 5.41) is 4.13. The summed E-state index contributed by atoms with van der Waals surface area (Å²) in [4.78, 5) is 6.53. The molecule has 1 aliphatic heterocycles. The molecule has 1 aromatic heterocycles. The van der Waals surface area contributed by atoms with Gasteiger partial charge in [-0.1, -0.05) is 11.6 Å². The van der Waals surface area contributed by atoms with Crippen LogP contribution >= 0.6 is 11.6 Å². The van der Waals surface area contributed by atoms with E-state index in [4.69, 9.17) is 11.6 Å². The van der Waals surface area contributed by atoms with Crippen molar-refractivity contribution < 1.29 is 0 Å². The molecule has 3 nitrogen and oxygen atoms in total. The predicted octanol–water partition coefficient (Wildman–Crippen LogP) is 1.53. The summed E-state index contributed by atoms with van der Waals surface area (Å²) in [6.07, 6.45) is 1.79. The van der Waals surface area contributed by atoms with Crippen molar-refractivity contribution in [3.8, 4) is 0 Å². The molecule has 0 bridgehead atoms. The number of anilines is 1. The summed E-state index contributed by atoms with van der Waals surface area (Å²) < 4.78 is 0. The second-order valence-electron chi connectivity index (χ2n) is 3.61. The first-order valence-electron chi connectivity index (χ1n) is 4.86. The Labute approximate surface area is 89.1 Å². The zero-order chi connectivity index (χ0) is 9.97. The fourth-order valence-electron chi connectivity index (χ4n) is 1.73. The molecule has 2 heterocycles. The van der Waals surface area contributed by atoms with E-state index in [1.165, 1.54) is 0 Å². The van der Waals surface area contributed by atoms with Crippen LogP contribution in [0.15, 0.2) is 18.3 Å². The van der Waals surface area contributed by atoms with E-state index in [9.17, 15) is 0 Å². The van der Waals surface area contributed by atoms with Gasteiger partial charge in [0.1, 0.15) is 5.82 Å². The number of hydrogen-bond acceptors (Lipinski definition) is 3. The summed E-state index contributed by atoms with van der Waals surface area (Å²) >= 11 is 6.08. The maximum absolute atomic E-state index is 6.08. The van der Waals surface area contributed by atoms with Crippen molar-refractivity contribution in [2.75, 3.05) is 24.5 Å². The van der Waals surface area contributed by atoms with Crippen molar-refractivity contribution in [3.63, 3.8) is 0 Å². The highest BCUT2D eigenvalue weighted by Crippen LogP contribution is 2.22. The Hall–Kier alpha value is -0.800. The number of nitrogens with one attached hydrogen (secondary N) is 1. The molecule has 76 valence electrons. The number of aromatic nitrogens is 1. The third-order valence-electron chi connectivity index (χ3n) is 2.41. The van der Waals surface area contributed by atoms with Gasteiger partial charge in [0.25, 0.3) is 0 Å². The van der Waals surface area contributed by atoms with E-state index in [2.05, 4.69) is 22.1 Å². The lowest BCUT2D eigenvalue weighted by molar-refractivity contribution is 0.482. The van der Waals surface area contributed by atoms with Crippen LogP contribution in [0.1, 0.15) is 6.92 Å². The molecule has 0 spiro atoms. The Morgan fingerprint density at radius 1 is 1.64 bits per heavy atom. The molecule has 1 aliphatic rings. The molecule has 0 aliphatic carbocycles. The van der Waals surface area contributed by atoms with Gasteiger partial charge in [0.2, 0.25) is 0 Å². The Balaban J connectivity index is 2.18. The third kappa shape index (κ3) is 1.99. The van der Waals surface area contributed by atoms with Crippen LogP contribution < -0.4 is 10.2 Å². The van der Waals surface area contributed by atoms with Crippen molar-refractivity contribution in [1.82, 2.24) is 10.3 Å². The van der Waals surface area contributed by atoms with Crippen LogP contribution in [0.4, 0.5) is 5.82 Å². The van der Waals surface area contributed by atoms with Gasteiger partial charge in [-0.15, -0.1) is 0 Å². The molecule has 1 saturated heterocycles. The molecular formula is C10H14ClN3. The third-order valence-corrected chi connectivity index (χ3v) is 2.70. The lowest BCUT2D eigenvalue weighted by Gasteiger charge is -2.33. The molecule has 0 amide bonds. The first-order chi connectivity index (χ1) is 6.77. The fraction of sp³-hybridized carbons (Fsp3) is 0.500. The first-order valence-corrected chi connectivity index (χ1v) is 5.24. The summed E-state index contributed by atoms with van der Waals surface area (Å²) in [6.45, 7) is 5.11. The van der Waals surface area contributed by atoms with Crippen LogP contribution in [-0.4, -0.2) is 30.7 Å². The lowest BCUT2D eigenvalue weighted by atomic mass is 10.2. The predicted molar refractivity (Wildman–Crippen MR) is 58.9 cm³/mol. The minimum atomic E-state index is 0.502. The van der Waals surface area contributed by atoms with Crippen LogP contribution in [0.25, 0.3) is 0 Å². The zero-order valence-electron chi connectivity index (χ0n) is 8.20. The standard InChI is InChI=1S/C10H14ClN3/c1-8-7-14(6-5-12-8)10-9(11)3-2-4-13-10/h2-4,8,12H,5-7H2,1H3/t8-/m0/s1. The Kier molecular flexibility index (Phi) is 2.89. The topological polar surface area (TPSA) is 28.2 Å². The van der Waals surface area contributed by atoms with Crippen molar-refractivity contribution >= 4 is 17.4 Å². The Morgan fingerprint density at radius 2 is 2.50 bits per heavy atom. The number of halogens is 1. The number of piperazine rings is 1. The molecule has 0 aromatic carbocycles. The minimum Gasteiger partial charge on any atom is -0.353 e. The van der Waals surface area contributed by atoms with Crippen molar-refractivity contribution in [3.05, 3.63) is 23.4 Å². The summed E-state index contributed by atoms with van der Waals surface area (Å²) in [5.41, 5.74) is 0. The number of nitrogens with zero attached hydrogens (tertiary/aromatic N) is 2. The normalized spacial score (nSPS) is 22.4. The second kappa shape index (κ2) is 4.15. The van der Waals surface area contributed by atoms with E-state index < -0.39 is 0 Å². The smallest absolute Gasteiger partial charge is 0.147 e. The highest BCUT2D eigenvalue weighted by molar-refractivity contribution is 6.32. The van der Waals surface area contributed by atoms with E-state index in [1.807, 2.05) is 12.1 Å². The van der Waals surface area contributed by atoms with Gasteiger partial charge in [0, 0.05) is 31.9 Å². The van der Waals surface area contributed by atoms with Gasteiger partial charge in [-0.3, -0.25) is 0 Å². The minimum absolute atomic E-state index is 0.502. The molecule has 1 N–H and O–H groups in total. The Morgan fingerprint density at radius 3 is 3.21 bits per heavy atom. The van der Waals surface area contributed by atoms with Gasteiger partial charge in [0.15, 0.2) is 0 Å². The van der Waals surface area contributed by atoms with Gasteiger partial charge >= 0.3 is 0 Å². The SMILES string of the molecule is C[C@H]1CN(c2ncccc2Cl)CCN1. The average Bonchev–Trinajstić information content (AvgIpc) is 2.18. The monoisotopic (exact) mass is 211 g/mol. The molecule has 0 unspecified atom stereocenters. The van der Waals surface area contributed by atoms with Gasteiger partial charge in [0.05, 0.1) is 5.02 Å². The maximum Gasteiger partial charge on any atom is 0.147 e. The van der Waals surface area contributed by atoms with Crippen LogP contribution in [0.5, 0.6) is 0 Å². The maximum atomic E-state index is 6.08. The number of pyridine rings is 1. The molecule has 1 fully saturated rings. The molecule has 4 heteroatoms. The fourth-order valence-corrected chi connectivity index (χ4v) is 1.98. The average molecular weight is 212 g/mol. The van der Waals surface area contributed by atoms with Crippen molar-refractivity contribution in [2.45, 2.75) is 13.0 Å². The molecule has 1 atom stereocenters. The molecular weight excluding hydrogens is 198 g/mol. The van der Waals surface area contributed by atoms with Gasteiger partial charge in [-0.05, 0) is 19.1 Å². The van der Waals surface area contributed by atoms with Crippen LogP contribution in [-0.2, 0) is 0 Å². The number of hydrogen-bond donors (Lipinski definition) is 1. The highest BCUT2D eigenvalue weighted by atomic mass is 35.5. The van der Waals surface area contributed by atoms with Crippen LogP contribution in [0, 0.1) is 0 Å². The molecule has 14 heavy (non-hydrogen) atoms. The van der Waals surface area contributed by atoms with Gasteiger partial charge in [-0.25, -0.2) is 4.98 Å². The van der Waals surface area contributed by atoms with Crippen LogP contribution in [0.2, 0.25) is 5.02 Å². The van der Waals surface area contributed by atoms with Crippen molar-refractivity contribution in [1.29, 1.82) is 0 Å². The lowest BCUT2D eigenvalue weighted by Crippen LogP contribution is -2.49. The van der Waals surface area contributed by atoms with E-state index in [1.54, 1.807) is 6.20 Å². The quantitative estimate of drug-likeness (QED) is 0.764. The second-order valence-corrected chi connectivity index (χ2v) is 4.02. The van der Waals surface area contributed by atoms with Crippen LogP contribution in [0.3, 0.4) is 0 Å². The molecule has 0 saturated carbocycles. The molecule has 1 aromatic rings. The molecule has 0 radical (unpaired) electrons. The summed E-state index contributed by atoms with van der Waals surface area (Å²) in [7, 11) is 0. The Bertz CT molecular complexity index is 316. The van der Waals surface area contributed by atoms with Crippen molar-refractivity contribution in [2.24, 2.45) is 0 Å². The highest BCUT2D eigenvalue weighted by Gasteiger charge is 2.18. The van der Waals surface area contributed by atoms with E-state index >= 15 is 0 Å². The first kappa shape index (κ1) is 9.74. The zero-order valence-corrected chi connectivity index (χ0v) is 8.96. The van der Waals surface area contributed by atoms with E-state index in [0.717, 1.165) is 30.5 Å².